The molecule has 1 atom stereocenters. The Morgan fingerprint density at radius 3 is 1.02 bits per heavy atom. The van der Waals surface area contributed by atoms with Crippen molar-refractivity contribution < 1.29 is 28.6 Å². The van der Waals surface area contributed by atoms with Gasteiger partial charge in [0.2, 0.25) is 0 Å². The van der Waals surface area contributed by atoms with Gasteiger partial charge in [0, 0.05) is 19.3 Å². The summed E-state index contributed by atoms with van der Waals surface area (Å²) >= 11 is 0. The van der Waals surface area contributed by atoms with Crippen LogP contribution < -0.4 is 0 Å². The molecule has 0 bridgehead atoms. The van der Waals surface area contributed by atoms with Crippen LogP contribution in [0.1, 0.15) is 265 Å². The minimum atomic E-state index is -0.771. The molecule has 0 N–H and O–H groups in total. The first-order chi connectivity index (χ1) is 28.0. The van der Waals surface area contributed by atoms with Crippen molar-refractivity contribution >= 4 is 17.9 Å². The van der Waals surface area contributed by atoms with Crippen molar-refractivity contribution in [2.24, 2.45) is 0 Å². The number of rotatable bonds is 45. The van der Waals surface area contributed by atoms with Gasteiger partial charge < -0.3 is 14.2 Å². The molecular weight excluding hydrogens is 709 g/mol. The van der Waals surface area contributed by atoms with E-state index in [1.165, 1.54) is 141 Å². The van der Waals surface area contributed by atoms with Crippen LogP contribution in [0.3, 0.4) is 0 Å². The number of ether oxygens (including phenoxy) is 3. The highest BCUT2D eigenvalue weighted by molar-refractivity contribution is 5.71. The molecule has 0 radical (unpaired) electrons. The first kappa shape index (κ1) is 54.9. The summed E-state index contributed by atoms with van der Waals surface area (Å²) < 4.78 is 16.7. The Balaban J connectivity index is 4.31. The van der Waals surface area contributed by atoms with E-state index in [1.807, 2.05) is 0 Å². The number of allylic oxidation sites excluding steroid dienone is 4. The van der Waals surface area contributed by atoms with Crippen molar-refractivity contribution in [2.45, 2.75) is 271 Å². The number of carbonyl (C=O) groups is 3. The molecule has 0 aromatic heterocycles. The van der Waals surface area contributed by atoms with Crippen molar-refractivity contribution in [3.8, 4) is 0 Å². The highest BCUT2D eigenvalue weighted by Crippen LogP contribution is 2.16. The molecule has 0 rings (SSSR count). The van der Waals surface area contributed by atoms with Gasteiger partial charge in [0.1, 0.15) is 13.2 Å². The fraction of sp³-hybridized carbons (Fsp3) is 0.863. The second-order valence-electron chi connectivity index (χ2n) is 16.7. The molecule has 334 valence electrons. The Morgan fingerprint density at radius 1 is 0.351 bits per heavy atom. The lowest BCUT2D eigenvalue weighted by molar-refractivity contribution is -0.167. The topological polar surface area (TPSA) is 78.9 Å². The van der Waals surface area contributed by atoms with E-state index in [-0.39, 0.29) is 31.1 Å². The molecule has 6 nitrogen and oxygen atoms in total. The molecule has 0 aromatic carbocycles. The average Bonchev–Trinajstić information content (AvgIpc) is 3.21. The zero-order chi connectivity index (χ0) is 41.5. The van der Waals surface area contributed by atoms with E-state index in [2.05, 4.69) is 45.1 Å². The van der Waals surface area contributed by atoms with Gasteiger partial charge in [0.05, 0.1) is 0 Å². The minimum absolute atomic E-state index is 0.0726. The van der Waals surface area contributed by atoms with Gasteiger partial charge in [0.15, 0.2) is 6.10 Å². The van der Waals surface area contributed by atoms with Crippen LogP contribution >= 0.6 is 0 Å². The summed E-state index contributed by atoms with van der Waals surface area (Å²) in [7, 11) is 0. The van der Waals surface area contributed by atoms with Crippen LogP contribution in [0, 0.1) is 0 Å². The summed E-state index contributed by atoms with van der Waals surface area (Å²) in [6, 6.07) is 0. The molecule has 0 amide bonds. The second kappa shape index (κ2) is 46.6. The summed E-state index contributed by atoms with van der Waals surface area (Å²) in [5.41, 5.74) is 0. The van der Waals surface area contributed by atoms with Crippen molar-refractivity contribution in [2.75, 3.05) is 13.2 Å². The third kappa shape index (κ3) is 44.8. The van der Waals surface area contributed by atoms with Crippen LogP contribution in [-0.2, 0) is 28.6 Å². The molecule has 0 aliphatic carbocycles. The van der Waals surface area contributed by atoms with Gasteiger partial charge in [-0.2, -0.15) is 0 Å². The number of hydrogen-bond acceptors (Lipinski definition) is 6. The smallest absolute Gasteiger partial charge is 0.306 e. The Bertz CT molecular complexity index is 927. The Morgan fingerprint density at radius 2 is 0.649 bits per heavy atom. The first-order valence-corrected chi connectivity index (χ1v) is 24.8. The highest BCUT2D eigenvalue weighted by atomic mass is 16.6. The molecule has 0 saturated carbocycles. The van der Waals surface area contributed by atoms with E-state index in [0.717, 1.165) is 83.5 Å². The van der Waals surface area contributed by atoms with Crippen LogP contribution in [0.4, 0.5) is 0 Å². The molecule has 0 saturated heterocycles. The summed E-state index contributed by atoms with van der Waals surface area (Å²) in [6.07, 6.45) is 51.6. The Labute approximate surface area is 353 Å². The minimum Gasteiger partial charge on any atom is -0.462 e. The van der Waals surface area contributed by atoms with Crippen LogP contribution in [0.2, 0.25) is 0 Å². The predicted octanol–water partition coefficient (Wildman–Crippen LogP) is 16.0. The van der Waals surface area contributed by atoms with Gasteiger partial charge in [-0.15, -0.1) is 0 Å². The van der Waals surface area contributed by atoms with Crippen molar-refractivity contribution in [1.29, 1.82) is 0 Å². The molecule has 0 aliphatic rings. The lowest BCUT2D eigenvalue weighted by Gasteiger charge is -2.18. The number of esters is 3. The van der Waals surface area contributed by atoms with E-state index in [9.17, 15) is 14.4 Å². The normalized spacial score (nSPS) is 12.1. The van der Waals surface area contributed by atoms with Crippen LogP contribution in [-0.4, -0.2) is 37.2 Å². The van der Waals surface area contributed by atoms with Gasteiger partial charge in [-0.25, -0.2) is 0 Å². The Kier molecular flexibility index (Phi) is 44.9. The maximum absolute atomic E-state index is 12.7. The molecule has 6 heteroatoms. The predicted molar refractivity (Wildman–Crippen MR) is 243 cm³/mol. The van der Waals surface area contributed by atoms with Crippen molar-refractivity contribution in [3.05, 3.63) is 24.3 Å². The molecule has 0 spiro atoms. The quantitative estimate of drug-likeness (QED) is 0.0264. The average molecular weight is 803 g/mol. The van der Waals surface area contributed by atoms with Crippen LogP contribution in [0.5, 0.6) is 0 Å². The number of hydrogen-bond donors (Lipinski definition) is 0. The van der Waals surface area contributed by atoms with Gasteiger partial charge in [0.25, 0.3) is 0 Å². The summed E-state index contributed by atoms with van der Waals surface area (Å²) in [5.74, 6) is -0.878. The molecule has 0 fully saturated rings. The van der Waals surface area contributed by atoms with Gasteiger partial charge in [-0.3, -0.25) is 14.4 Å². The summed E-state index contributed by atoms with van der Waals surface area (Å²) in [5, 5.41) is 0. The lowest BCUT2D eigenvalue weighted by atomic mass is 10.0. The monoisotopic (exact) mass is 803 g/mol. The first-order valence-electron chi connectivity index (χ1n) is 24.8. The fourth-order valence-corrected chi connectivity index (χ4v) is 7.17. The zero-order valence-electron chi connectivity index (χ0n) is 38.1. The maximum atomic E-state index is 12.7. The van der Waals surface area contributed by atoms with Crippen LogP contribution in [0.15, 0.2) is 24.3 Å². The fourth-order valence-electron chi connectivity index (χ4n) is 7.17. The standard InChI is InChI=1S/C51H94O6/c1-4-7-10-13-16-19-21-23-25-26-28-29-32-35-38-41-44-50(53)56-47-48(46-55-49(52)43-40-37-34-31-18-15-12-9-6-3)57-51(54)45-42-39-36-33-30-27-24-22-20-17-14-11-8-5-2/h14,17,22,24,48H,4-13,15-16,18-21,23,25-47H2,1-3H3/b17-14-,24-22-/t48-/m1/s1. The van der Waals surface area contributed by atoms with Crippen molar-refractivity contribution in [1.82, 2.24) is 0 Å². The van der Waals surface area contributed by atoms with E-state index >= 15 is 0 Å². The zero-order valence-corrected chi connectivity index (χ0v) is 38.1. The molecule has 0 aromatic rings. The van der Waals surface area contributed by atoms with Gasteiger partial charge in [-0.1, -0.05) is 225 Å². The number of carbonyl (C=O) groups excluding carboxylic acids is 3. The SMILES string of the molecule is CCCC/C=C\C/C=C\CCCCCCCC(=O)O[C@H](COC(=O)CCCCCCCCCCC)COC(=O)CCCCCCCCCCCCCCCCCC. The molecule has 0 unspecified atom stereocenters. The summed E-state index contributed by atoms with van der Waals surface area (Å²) in [6.45, 7) is 6.59. The van der Waals surface area contributed by atoms with E-state index in [4.69, 9.17) is 14.2 Å². The van der Waals surface area contributed by atoms with E-state index in [0.29, 0.717) is 19.3 Å². The van der Waals surface area contributed by atoms with E-state index in [1.54, 1.807) is 0 Å². The third-order valence-electron chi connectivity index (χ3n) is 11.0. The summed E-state index contributed by atoms with van der Waals surface area (Å²) in [4.78, 5) is 37.8. The van der Waals surface area contributed by atoms with Gasteiger partial charge in [-0.05, 0) is 44.9 Å². The molecule has 0 aliphatic heterocycles. The molecular formula is C51H94O6. The highest BCUT2D eigenvalue weighted by Gasteiger charge is 2.19. The van der Waals surface area contributed by atoms with Gasteiger partial charge >= 0.3 is 17.9 Å². The number of unbranched alkanes of at least 4 members (excludes halogenated alkanes) is 30. The molecule has 57 heavy (non-hydrogen) atoms. The Hall–Kier alpha value is -2.11. The second-order valence-corrected chi connectivity index (χ2v) is 16.7. The molecule has 0 heterocycles. The van der Waals surface area contributed by atoms with Crippen LogP contribution in [0.25, 0.3) is 0 Å². The maximum Gasteiger partial charge on any atom is 0.306 e. The van der Waals surface area contributed by atoms with Crippen molar-refractivity contribution in [3.63, 3.8) is 0 Å². The van der Waals surface area contributed by atoms with E-state index < -0.39 is 6.10 Å². The largest absolute Gasteiger partial charge is 0.462 e. The lowest BCUT2D eigenvalue weighted by Crippen LogP contribution is -2.30. The third-order valence-corrected chi connectivity index (χ3v) is 11.0.